The number of carbonyl (C=O) groups excluding carboxylic acids is 1. The van der Waals surface area contributed by atoms with Crippen molar-refractivity contribution in [3.8, 4) is 23.0 Å². The molecule has 2 heterocycles. The number of aromatic hydroxyl groups is 4. The molecule has 0 amide bonds. The van der Waals surface area contributed by atoms with Crippen LogP contribution in [0.5, 0.6) is 23.0 Å². The maximum absolute atomic E-state index is 12.6. The molecule has 0 spiro atoms. The van der Waals surface area contributed by atoms with Crippen LogP contribution in [0.2, 0.25) is 0 Å². The zero-order valence-electron chi connectivity index (χ0n) is 22.6. The summed E-state index contributed by atoms with van der Waals surface area (Å²) < 4.78 is 27.5. The summed E-state index contributed by atoms with van der Waals surface area (Å²) >= 11 is 0. The summed E-state index contributed by atoms with van der Waals surface area (Å²) in [7, 11) is 0. The molecule has 2 aliphatic heterocycles. The molecule has 9 atom stereocenters. The smallest absolute Gasteiger partial charge is 0.331 e. The number of hydrogen-bond acceptors (Lipinski definition) is 15. The van der Waals surface area contributed by atoms with Crippen molar-refractivity contribution >= 4 is 12.0 Å². The third-order valence-corrected chi connectivity index (χ3v) is 6.90. The van der Waals surface area contributed by atoms with Crippen LogP contribution in [0.1, 0.15) is 11.1 Å². The zero-order valence-corrected chi connectivity index (χ0v) is 22.6. The van der Waals surface area contributed by atoms with Gasteiger partial charge in [0.05, 0.1) is 19.8 Å². The first-order valence-electron chi connectivity index (χ1n) is 13.3. The molecule has 2 fully saturated rings. The fourth-order valence-electron chi connectivity index (χ4n) is 4.44. The van der Waals surface area contributed by atoms with Gasteiger partial charge >= 0.3 is 5.97 Å². The number of aliphatic hydroxyl groups excluding tert-OH is 5. The average Bonchev–Trinajstić information content (AvgIpc) is 2.98. The first-order valence-corrected chi connectivity index (χ1v) is 13.3. The first-order chi connectivity index (χ1) is 20.4. The third kappa shape index (κ3) is 8.11. The summed E-state index contributed by atoms with van der Waals surface area (Å²) in [6, 6.07) is 7.99. The van der Waals surface area contributed by atoms with Crippen molar-refractivity contribution < 1.29 is 74.4 Å². The van der Waals surface area contributed by atoms with Crippen LogP contribution in [0.15, 0.2) is 42.5 Å². The number of phenolic OH excluding ortho intramolecular Hbond substituents is 4. The molecule has 0 aliphatic carbocycles. The largest absolute Gasteiger partial charge is 0.504 e. The van der Waals surface area contributed by atoms with Gasteiger partial charge in [0, 0.05) is 6.08 Å². The van der Waals surface area contributed by atoms with Gasteiger partial charge in [0.25, 0.3) is 0 Å². The standard InChI is InChI=1S/C28H34O15/c29-15-4-1-13(9-17(15)31)3-6-21(34)43-26-20(12-41-27-24(37)22(35)19(33)11-40-27)42-28(25(38)23(26)36)39-8-7-14-2-5-16(30)18(32)10-14/h1-6,9-10,19-20,22-33,35-38H,7-8,11-12H2/t19-,20-,22+,23-,24-,25-,26-,27-,28+/m1/s1. The van der Waals surface area contributed by atoms with Crippen LogP contribution in [0, 0.1) is 0 Å². The van der Waals surface area contributed by atoms with Crippen LogP contribution in [0.3, 0.4) is 0 Å². The van der Waals surface area contributed by atoms with Gasteiger partial charge < -0.3 is 69.6 Å². The molecule has 0 aromatic heterocycles. The highest BCUT2D eigenvalue weighted by Crippen LogP contribution is 2.29. The van der Waals surface area contributed by atoms with E-state index in [0.29, 0.717) is 11.1 Å². The monoisotopic (exact) mass is 610 g/mol. The van der Waals surface area contributed by atoms with Gasteiger partial charge in [-0.2, -0.15) is 0 Å². The summed E-state index contributed by atoms with van der Waals surface area (Å²) in [6.07, 6.45) is -11.2. The molecular formula is C28H34O15. The van der Waals surface area contributed by atoms with E-state index in [4.69, 9.17) is 23.7 Å². The highest BCUT2D eigenvalue weighted by molar-refractivity contribution is 5.87. The van der Waals surface area contributed by atoms with Gasteiger partial charge in [-0.3, -0.25) is 0 Å². The molecule has 15 nitrogen and oxygen atoms in total. The topological polar surface area (TPSA) is 245 Å². The number of benzene rings is 2. The van der Waals surface area contributed by atoms with Crippen molar-refractivity contribution in [2.24, 2.45) is 0 Å². The average molecular weight is 611 g/mol. The van der Waals surface area contributed by atoms with Crippen LogP contribution in [0.25, 0.3) is 6.08 Å². The molecule has 2 saturated heterocycles. The number of phenols is 4. The van der Waals surface area contributed by atoms with E-state index in [1.807, 2.05) is 0 Å². The van der Waals surface area contributed by atoms with Crippen molar-refractivity contribution in [3.05, 3.63) is 53.6 Å². The van der Waals surface area contributed by atoms with Gasteiger partial charge in [0.2, 0.25) is 0 Å². The summed E-state index contributed by atoms with van der Waals surface area (Å²) in [5.74, 6) is -2.37. The number of rotatable bonds is 10. The molecule has 0 saturated carbocycles. The summed E-state index contributed by atoms with van der Waals surface area (Å²) in [5.41, 5.74) is 0.929. The van der Waals surface area contributed by atoms with Crippen LogP contribution < -0.4 is 0 Å². The van der Waals surface area contributed by atoms with Gasteiger partial charge in [0.15, 0.2) is 41.7 Å². The molecule has 236 valence electrons. The molecule has 0 bridgehead atoms. The lowest BCUT2D eigenvalue weighted by atomic mass is 9.98. The fraction of sp³-hybridized carbons (Fsp3) is 0.464. The molecular weight excluding hydrogens is 576 g/mol. The normalized spacial score (nSPS) is 31.2. The lowest BCUT2D eigenvalue weighted by molar-refractivity contribution is -0.321. The molecule has 0 unspecified atom stereocenters. The van der Waals surface area contributed by atoms with Crippen LogP contribution >= 0.6 is 0 Å². The van der Waals surface area contributed by atoms with Crippen molar-refractivity contribution in [2.45, 2.75) is 61.7 Å². The molecule has 2 aliphatic rings. The van der Waals surface area contributed by atoms with Crippen molar-refractivity contribution in [1.82, 2.24) is 0 Å². The first kappa shape index (κ1) is 32.4. The minimum atomic E-state index is -1.75. The lowest BCUT2D eigenvalue weighted by Crippen LogP contribution is -2.61. The van der Waals surface area contributed by atoms with Gasteiger partial charge in [-0.15, -0.1) is 0 Å². The van der Waals surface area contributed by atoms with Crippen molar-refractivity contribution in [1.29, 1.82) is 0 Å². The Morgan fingerprint density at radius 1 is 0.814 bits per heavy atom. The summed E-state index contributed by atoms with van der Waals surface area (Å²) in [4.78, 5) is 12.6. The van der Waals surface area contributed by atoms with Crippen molar-refractivity contribution in [2.75, 3.05) is 19.8 Å². The number of carbonyl (C=O) groups is 1. The van der Waals surface area contributed by atoms with Crippen LogP contribution in [0.4, 0.5) is 0 Å². The van der Waals surface area contributed by atoms with E-state index in [-0.39, 0.29) is 36.9 Å². The minimum absolute atomic E-state index is 0.0621. The van der Waals surface area contributed by atoms with E-state index >= 15 is 0 Å². The summed E-state index contributed by atoms with van der Waals surface area (Å²) in [5, 5.41) is 89.6. The second-order valence-electron chi connectivity index (χ2n) is 10.0. The minimum Gasteiger partial charge on any atom is -0.504 e. The molecule has 15 heteroatoms. The summed E-state index contributed by atoms with van der Waals surface area (Å²) in [6.45, 7) is -0.898. The Balaban J connectivity index is 1.44. The van der Waals surface area contributed by atoms with E-state index in [0.717, 1.165) is 6.08 Å². The predicted octanol–water partition coefficient (Wildman–Crippen LogP) is -1.40. The van der Waals surface area contributed by atoms with Gasteiger partial charge in [-0.05, 0) is 47.9 Å². The van der Waals surface area contributed by atoms with E-state index in [9.17, 15) is 50.8 Å². The lowest BCUT2D eigenvalue weighted by Gasteiger charge is -2.42. The van der Waals surface area contributed by atoms with E-state index < -0.39 is 73.6 Å². The number of esters is 1. The Morgan fingerprint density at radius 3 is 2.19 bits per heavy atom. The quantitative estimate of drug-likeness (QED) is 0.0853. The van der Waals surface area contributed by atoms with Crippen molar-refractivity contribution in [3.63, 3.8) is 0 Å². The molecule has 2 aromatic carbocycles. The Labute approximate surface area is 245 Å². The highest BCUT2D eigenvalue weighted by Gasteiger charge is 2.48. The Bertz CT molecular complexity index is 1270. The highest BCUT2D eigenvalue weighted by atomic mass is 16.7. The molecule has 43 heavy (non-hydrogen) atoms. The van der Waals surface area contributed by atoms with Crippen LogP contribution in [-0.2, 0) is 34.9 Å². The number of hydrogen-bond donors (Lipinski definition) is 9. The molecule has 9 N–H and O–H groups in total. The van der Waals surface area contributed by atoms with Gasteiger partial charge in [0.1, 0.15) is 36.6 Å². The Kier molecular flexibility index (Phi) is 10.8. The molecule has 4 rings (SSSR count). The molecule has 0 radical (unpaired) electrons. The Morgan fingerprint density at radius 2 is 1.49 bits per heavy atom. The van der Waals surface area contributed by atoms with Gasteiger partial charge in [-0.1, -0.05) is 12.1 Å². The molecule has 2 aromatic rings. The Hall–Kier alpha value is -3.51. The van der Waals surface area contributed by atoms with Crippen LogP contribution in [-0.4, -0.2) is 127 Å². The maximum atomic E-state index is 12.6. The zero-order chi connectivity index (χ0) is 31.3. The third-order valence-electron chi connectivity index (χ3n) is 6.90. The number of ether oxygens (including phenoxy) is 5. The van der Waals surface area contributed by atoms with E-state index in [2.05, 4.69) is 0 Å². The maximum Gasteiger partial charge on any atom is 0.331 e. The SMILES string of the molecule is O=C(C=Cc1ccc(O)c(O)c1)O[C@H]1[C@H](O)[C@@H](O)[C@@H](OCCc2ccc(O)c(O)c2)O[C@@H]1CO[C@H]1OC[C@@H](O)[C@H](O)[C@H]1O. The predicted molar refractivity (Wildman–Crippen MR) is 143 cm³/mol. The fourth-order valence-corrected chi connectivity index (χ4v) is 4.44. The van der Waals surface area contributed by atoms with E-state index in [1.54, 1.807) is 6.07 Å². The second-order valence-corrected chi connectivity index (χ2v) is 10.0. The van der Waals surface area contributed by atoms with Gasteiger partial charge in [-0.25, -0.2) is 4.79 Å². The number of aliphatic hydroxyl groups is 5. The van der Waals surface area contributed by atoms with E-state index in [1.165, 1.54) is 36.4 Å². The second kappa shape index (κ2) is 14.3.